The number of carbonyl (C=O) groups is 2. The van der Waals surface area contributed by atoms with Crippen molar-refractivity contribution >= 4 is 50.7 Å². The van der Waals surface area contributed by atoms with Crippen molar-refractivity contribution in [2.75, 3.05) is 78.1 Å². The molecule has 0 aliphatic carbocycles. The number of rotatable bonds is 34. The quantitative estimate of drug-likeness (QED) is 0.0348. The molecule has 0 aromatic carbocycles. The topological polar surface area (TPSA) is 90.5 Å². The highest BCUT2D eigenvalue weighted by atomic mass is 32.2. The smallest absolute Gasteiger partial charge is 0.194 e. The number of nitrogens with zero attached hydrogens (tertiary/aromatic N) is 6. The van der Waals surface area contributed by atoms with Gasteiger partial charge >= 0.3 is 0 Å². The predicted molar refractivity (Wildman–Crippen MR) is 266 cm³/mol. The summed E-state index contributed by atoms with van der Waals surface area (Å²) in [5.74, 6) is 1.21. The van der Waals surface area contributed by atoms with Gasteiger partial charge in [0.25, 0.3) is 0 Å². The van der Waals surface area contributed by atoms with Gasteiger partial charge in [-0.3, -0.25) is 9.59 Å². The Balaban J connectivity index is 2.61. The lowest BCUT2D eigenvalue weighted by molar-refractivity contribution is -0.115. The molecule has 1 aliphatic heterocycles. The van der Waals surface area contributed by atoms with Crippen LogP contribution in [0.1, 0.15) is 149 Å². The van der Waals surface area contributed by atoms with Gasteiger partial charge in [-0.05, 0) is 169 Å². The molecule has 2 unspecified atom stereocenters. The second-order valence-corrected chi connectivity index (χ2v) is 23.9. The van der Waals surface area contributed by atoms with Crippen LogP contribution in [0.2, 0.25) is 0 Å². The summed E-state index contributed by atoms with van der Waals surface area (Å²) in [7, 11) is 0.119. The first-order chi connectivity index (χ1) is 28.7. The van der Waals surface area contributed by atoms with Gasteiger partial charge in [0.1, 0.15) is 0 Å². The molecule has 0 amide bonds. The first-order valence-electron chi connectivity index (χ1n) is 23.6. The Morgan fingerprint density at radius 3 is 1.64 bits per heavy atom. The van der Waals surface area contributed by atoms with Crippen LogP contribution in [0.5, 0.6) is 0 Å². The molecule has 0 radical (unpaired) electrons. The van der Waals surface area contributed by atoms with Gasteiger partial charge in [0.15, 0.2) is 33.9 Å². The van der Waals surface area contributed by atoms with Crippen molar-refractivity contribution in [3.05, 3.63) is 0 Å². The van der Waals surface area contributed by atoms with E-state index in [0.29, 0.717) is 86.3 Å². The van der Waals surface area contributed by atoms with Gasteiger partial charge < -0.3 is 28.3 Å². The average Bonchev–Trinajstić information content (AvgIpc) is 3.16. The molecule has 0 aromatic rings. The summed E-state index contributed by atoms with van der Waals surface area (Å²) >= 11 is 2.71. The van der Waals surface area contributed by atoms with E-state index < -0.39 is 16.9 Å². The van der Waals surface area contributed by atoms with Crippen LogP contribution < -0.4 is 0 Å². The van der Waals surface area contributed by atoms with Crippen molar-refractivity contribution in [2.45, 2.75) is 198 Å². The van der Waals surface area contributed by atoms with Crippen LogP contribution >= 0.6 is 40.4 Å². The standard InChI is InChI=1S/C45H94N6O6P2S2/c1-18-47(28-24-44(52)60-32-31-54-33-57-58(48(35(2)3)36(4)5)49(37(6)7)38(8)9)25-19-21-42(16)51(41(14)15)59(50(39(10)11)40(12)13)56-30-20-29-55-34-61-45(53)43-22-26-46(17)27-23-43/h35-43H,18-34H2,1-17H3. The Hall–Kier alpha value is 0.500. The first kappa shape index (κ1) is 59.5. The number of likely N-dealkylation sites (tertiary alicyclic amines) is 1. The number of piperidine rings is 1. The van der Waals surface area contributed by atoms with Gasteiger partial charge in [-0.15, -0.1) is 0 Å². The van der Waals surface area contributed by atoms with Gasteiger partial charge in [0.2, 0.25) is 0 Å². The molecule has 1 fully saturated rings. The van der Waals surface area contributed by atoms with Crippen molar-refractivity contribution < 1.29 is 28.1 Å². The van der Waals surface area contributed by atoms with Crippen molar-refractivity contribution in [1.82, 2.24) is 28.5 Å². The monoisotopic (exact) mass is 941 g/mol. The lowest BCUT2D eigenvalue weighted by Crippen LogP contribution is -2.44. The van der Waals surface area contributed by atoms with E-state index >= 15 is 0 Å². The largest absolute Gasteiger partial charge is 0.370 e. The van der Waals surface area contributed by atoms with Crippen LogP contribution in [0.15, 0.2) is 0 Å². The highest BCUT2D eigenvalue weighted by molar-refractivity contribution is 8.13. The summed E-state index contributed by atoms with van der Waals surface area (Å²) in [5, 5.41) is 0.494. The zero-order valence-corrected chi connectivity index (χ0v) is 45.5. The van der Waals surface area contributed by atoms with Crippen LogP contribution in [-0.2, 0) is 28.1 Å². The Kier molecular flexibility index (Phi) is 32.2. The van der Waals surface area contributed by atoms with Crippen molar-refractivity contribution in [3.8, 4) is 0 Å². The van der Waals surface area contributed by atoms with Gasteiger partial charge in [-0.2, -0.15) is 0 Å². The molecule has 16 heteroatoms. The third kappa shape index (κ3) is 23.2. The van der Waals surface area contributed by atoms with E-state index in [-0.39, 0.29) is 22.9 Å². The molecular weight excluding hydrogens is 847 g/mol. The van der Waals surface area contributed by atoms with Crippen LogP contribution in [0.25, 0.3) is 0 Å². The molecule has 1 rings (SSSR count). The van der Waals surface area contributed by atoms with Gasteiger partial charge in [0.05, 0.1) is 19.2 Å². The minimum Gasteiger partial charge on any atom is -0.370 e. The third-order valence-electron chi connectivity index (χ3n) is 10.8. The number of ether oxygens (including phenoxy) is 2. The van der Waals surface area contributed by atoms with Gasteiger partial charge in [-0.1, -0.05) is 30.4 Å². The zero-order valence-electron chi connectivity index (χ0n) is 42.1. The molecule has 0 spiro atoms. The van der Waals surface area contributed by atoms with Crippen LogP contribution in [-0.4, -0.2) is 165 Å². The summed E-state index contributed by atoms with van der Waals surface area (Å²) in [4.78, 5) is 30.3. The molecule has 12 nitrogen and oxygen atoms in total. The highest BCUT2D eigenvalue weighted by Gasteiger charge is 2.36. The summed E-state index contributed by atoms with van der Waals surface area (Å²) in [6.07, 6.45) is 5.34. The molecule has 1 saturated heterocycles. The Morgan fingerprint density at radius 1 is 0.639 bits per heavy atom. The molecule has 1 heterocycles. The first-order valence-corrected chi connectivity index (χ1v) is 27.9. The van der Waals surface area contributed by atoms with E-state index in [1.165, 1.54) is 23.5 Å². The Labute approximate surface area is 387 Å². The molecule has 362 valence electrons. The zero-order chi connectivity index (χ0) is 46.2. The van der Waals surface area contributed by atoms with E-state index in [4.69, 9.17) is 18.5 Å². The molecule has 0 bridgehead atoms. The van der Waals surface area contributed by atoms with Crippen molar-refractivity contribution in [2.24, 2.45) is 5.92 Å². The van der Waals surface area contributed by atoms with Gasteiger partial charge in [-0.25, -0.2) is 18.7 Å². The lowest BCUT2D eigenvalue weighted by Gasteiger charge is -2.46. The minimum absolute atomic E-state index is 0.164. The fourth-order valence-corrected chi connectivity index (χ4v) is 14.2. The molecule has 0 N–H and O–H groups in total. The minimum atomic E-state index is -1.01. The number of hydrogen-bond donors (Lipinski definition) is 0. The number of thioether (sulfide) groups is 2. The Bertz CT molecular complexity index is 1110. The van der Waals surface area contributed by atoms with E-state index in [2.05, 4.69) is 146 Å². The Morgan fingerprint density at radius 2 is 1.15 bits per heavy atom. The number of hydrogen-bond acceptors (Lipinski definition) is 14. The van der Waals surface area contributed by atoms with E-state index in [0.717, 1.165) is 64.8 Å². The van der Waals surface area contributed by atoms with Gasteiger partial charge in [0, 0.05) is 79.6 Å². The fraction of sp³-hybridized carbons (Fsp3) is 0.956. The number of carbonyl (C=O) groups excluding carboxylic acids is 2. The van der Waals surface area contributed by atoms with Crippen molar-refractivity contribution in [3.63, 3.8) is 0 Å². The van der Waals surface area contributed by atoms with E-state index in [9.17, 15) is 9.59 Å². The summed E-state index contributed by atoms with van der Waals surface area (Å²) in [6.45, 7) is 42.6. The molecule has 0 saturated carbocycles. The maximum absolute atomic E-state index is 12.9. The molecule has 2 atom stereocenters. The maximum atomic E-state index is 12.9. The van der Waals surface area contributed by atoms with Crippen LogP contribution in [0, 0.1) is 5.92 Å². The highest BCUT2D eigenvalue weighted by Crippen LogP contribution is 2.52. The molecule has 0 aromatic heterocycles. The normalized spacial score (nSPS) is 16.1. The average molecular weight is 941 g/mol. The molecule has 1 aliphatic rings. The van der Waals surface area contributed by atoms with Crippen molar-refractivity contribution in [1.29, 1.82) is 0 Å². The fourth-order valence-electron chi connectivity index (χ4n) is 8.03. The summed E-state index contributed by atoms with van der Waals surface area (Å²) < 4.78 is 35.2. The van der Waals surface area contributed by atoms with E-state index in [1.54, 1.807) is 0 Å². The second-order valence-electron chi connectivity index (χ2n) is 18.5. The lowest BCUT2D eigenvalue weighted by atomic mass is 9.99. The molecular formula is C45H94N6O6P2S2. The second kappa shape index (κ2) is 33.1. The maximum Gasteiger partial charge on any atom is 0.194 e. The van der Waals surface area contributed by atoms with Crippen LogP contribution in [0.4, 0.5) is 0 Å². The summed E-state index contributed by atoms with van der Waals surface area (Å²) in [6, 6.07) is 2.73. The third-order valence-corrected chi connectivity index (χ3v) is 18.6. The van der Waals surface area contributed by atoms with Crippen LogP contribution in [0.3, 0.4) is 0 Å². The summed E-state index contributed by atoms with van der Waals surface area (Å²) in [5.41, 5.74) is 0. The SMILES string of the molecule is CCN(CCCC(C)N(C(C)C)P(OCCCOCSC(=O)C1CCN(C)CC1)N(C(C)C)C(C)C)CCC(=O)SCCOCOP(N(C(C)C)C(C)C)N(C(C)C)C(C)C. The van der Waals surface area contributed by atoms with E-state index in [1.807, 2.05) is 0 Å². The predicted octanol–water partition coefficient (Wildman–Crippen LogP) is 10.6. The molecule has 61 heavy (non-hydrogen) atoms.